The highest BCUT2D eigenvalue weighted by Gasteiger charge is 2.27. The van der Waals surface area contributed by atoms with E-state index in [0.717, 1.165) is 30.5 Å². The van der Waals surface area contributed by atoms with Gasteiger partial charge in [-0.3, -0.25) is 15.7 Å². The number of pyridine rings is 1. The molecular weight excluding hydrogens is 188 g/mol. The van der Waals surface area contributed by atoms with E-state index in [2.05, 4.69) is 22.2 Å². The van der Waals surface area contributed by atoms with Crippen molar-refractivity contribution in [1.29, 1.82) is 0 Å². The SMILES string of the molecule is CCN(Cc1cc(NN)ccn1)C1CC1. The van der Waals surface area contributed by atoms with Gasteiger partial charge in [0.25, 0.3) is 0 Å². The molecule has 1 fully saturated rings. The Hall–Kier alpha value is -1.13. The summed E-state index contributed by atoms with van der Waals surface area (Å²) in [6.07, 6.45) is 4.47. The van der Waals surface area contributed by atoms with Gasteiger partial charge in [-0.2, -0.15) is 0 Å². The van der Waals surface area contributed by atoms with Crippen LogP contribution >= 0.6 is 0 Å². The van der Waals surface area contributed by atoms with Crippen molar-refractivity contribution in [2.75, 3.05) is 12.0 Å². The Bertz CT molecular complexity index is 322. The molecule has 0 saturated heterocycles. The summed E-state index contributed by atoms with van der Waals surface area (Å²) in [6.45, 7) is 4.21. The fourth-order valence-corrected chi connectivity index (χ4v) is 1.80. The van der Waals surface area contributed by atoms with E-state index in [0.29, 0.717) is 0 Å². The minimum atomic E-state index is 0.784. The molecule has 3 N–H and O–H groups in total. The molecule has 2 rings (SSSR count). The van der Waals surface area contributed by atoms with E-state index < -0.39 is 0 Å². The average Bonchev–Trinajstić information content (AvgIpc) is 3.10. The van der Waals surface area contributed by atoms with Crippen molar-refractivity contribution in [1.82, 2.24) is 9.88 Å². The van der Waals surface area contributed by atoms with Crippen LogP contribution < -0.4 is 11.3 Å². The van der Waals surface area contributed by atoms with Gasteiger partial charge in [-0.15, -0.1) is 0 Å². The summed E-state index contributed by atoms with van der Waals surface area (Å²) in [5.74, 6) is 5.36. The highest BCUT2D eigenvalue weighted by Crippen LogP contribution is 2.27. The van der Waals surface area contributed by atoms with E-state index in [-0.39, 0.29) is 0 Å². The van der Waals surface area contributed by atoms with Crippen molar-refractivity contribution >= 4 is 5.69 Å². The normalized spacial score (nSPS) is 15.7. The number of anilines is 1. The first kappa shape index (κ1) is 10.4. The molecular formula is C11H18N4. The lowest BCUT2D eigenvalue weighted by atomic mass is 10.3. The van der Waals surface area contributed by atoms with E-state index in [4.69, 9.17) is 5.84 Å². The maximum Gasteiger partial charge on any atom is 0.0565 e. The molecule has 1 aliphatic carbocycles. The Morgan fingerprint density at radius 2 is 2.40 bits per heavy atom. The lowest BCUT2D eigenvalue weighted by Gasteiger charge is -2.19. The van der Waals surface area contributed by atoms with Crippen molar-refractivity contribution in [3.05, 3.63) is 24.0 Å². The van der Waals surface area contributed by atoms with Crippen LogP contribution in [0.5, 0.6) is 0 Å². The standard InChI is InChI=1S/C11H18N4/c1-2-15(11-3-4-11)8-10-7-9(14-12)5-6-13-10/h5-7,11H,2-4,8,12H2,1H3,(H,13,14). The molecule has 0 bridgehead atoms. The Kier molecular flexibility index (Phi) is 3.18. The molecule has 4 nitrogen and oxygen atoms in total. The number of hydrazine groups is 1. The molecule has 0 unspecified atom stereocenters. The molecule has 0 spiro atoms. The quantitative estimate of drug-likeness (QED) is 0.564. The fourth-order valence-electron chi connectivity index (χ4n) is 1.80. The van der Waals surface area contributed by atoms with Crippen molar-refractivity contribution < 1.29 is 0 Å². The first-order valence-electron chi connectivity index (χ1n) is 5.49. The second-order valence-electron chi connectivity index (χ2n) is 3.97. The third-order valence-electron chi connectivity index (χ3n) is 2.82. The van der Waals surface area contributed by atoms with Gasteiger partial charge in [-0.1, -0.05) is 6.92 Å². The second kappa shape index (κ2) is 4.59. The Morgan fingerprint density at radius 3 is 3.00 bits per heavy atom. The van der Waals surface area contributed by atoms with E-state index in [9.17, 15) is 0 Å². The number of nitrogens with one attached hydrogen (secondary N) is 1. The van der Waals surface area contributed by atoms with Gasteiger partial charge < -0.3 is 5.43 Å². The van der Waals surface area contributed by atoms with Crippen molar-refractivity contribution in [2.24, 2.45) is 5.84 Å². The number of hydrogen-bond acceptors (Lipinski definition) is 4. The Balaban J connectivity index is 2.01. The summed E-state index contributed by atoms with van der Waals surface area (Å²) in [4.78, 5) is 6.81. The molecule has 1 saturated carbocycles. The summed E-state index contributed by atoms with van der Waals surface area (Å²) < 4.78 is 0. The summed E-state index contributed by atoms with van der Waals surface area (Å²) in [5.41, 5.74) is 4.65. The lowest BCUT2D eigenvalue weighted by Crippen LogP contribution is -2.25. The molecule has 1 aromatic rings. The van der Waals surface area contributed by atoms with Crippen LogP contribution in [0.3, 0.4) is 0 Å². The minimum absolute atomic E-state index is 0.784. The lowest BCUT2D eigenvalue weighted by molar-refractivity contribution is 0.266. The molecule has 1 aliphatic rings. The summed E-state index contributed by atoms with van der Waals surface area (Å²) in [5, 5.41) is 0. The molecule has 0 radical (unpaired) electrons. The van der Waals surface area contributed by atoms with Crippen LogP contribution in [-0.4, -0.2) is 22.5 Å². The molecule has 0 aromatic carbocycles. The van der Waals surface area contributed by atoms with Gasteiger partial charge in [-0.05, 0) is 31.5 Å². The molecule has 0 atom stereocenters. The van der Waals surface area contributed by atoms with Crippen LogP contribution in [0.25, 0.3) is 0 Å². The van der Waals surface area contributed by atoms with Gasteiger partial charge in [0.1, 0.15) is 0 Å². The monoisotopic (exact) mass is 206 g/mol. The minimum Gasteiger partial charge on any atom is -0.324 e. The topological polar surface area (TPSA) is 54.2 Å². The van der Waals surface area contributed by atoms with E-state index in [1.54, 1.807) is 6.20 Å². The molecule has 82 valence electrons. The van der Waals surface area contributed by atoms with Gasteiger partial charge in [0.05, 0.1) is 11.4 Å². The van der Waals surface area contributed by atoms with Gasteiger partial charge >= 0.3 is 0 Å². The summed E-state index contributed by atoms with van der Waals surface area (Å²) >= 11 is 0. The van der Waals surface area contributed by atoms with Gasteiger partial charge in [-0.25, -0.2) is 0 Å². The smallest absolute Gasteiger partial charge is 0.0565 e. The van der Waals surface area contributed by atoms with E-state index in [1.165, 1.54) is 12.8 Å². The summed E-state index contributed by atoms with van der Waals surface area (Å²) in [6, 6.07) is 4.66. The average molecular weight is 206 g/mol. The zero-order valence-corrected chi connectivity index (χ0v) is 9.11. The van der Waals surface area contributed by atoms with Gasteiger partial charge in [0.2, 0.25) is 0 Å². The zero-order valence-electron chi connectivity index (χ0n) is 9.11. The third kappa shape index (κ3) is 2.67. The number of aromatic nitrogens is 1. The van der Waals surface area contributed by atoms with E-state index >= 15 is 0 Å². The van der Waals surface area contributed by atoms with Crippen molar-refractivity contribution in [3.8, 4) is 0 Å². The zero-order chi connectivity index (χ0) is 10.7. The molecule has 4 heteroatoms. The first-order valence-corrected chi connectivity index (χ1v) is 5.49. The van der Waals surface area contributed by atoms with E-state index in [1.807, 2.05) is 12.1 Å². The predicted molar refractivity (Wildman–Crippen MR) is 61.2 cm³/mol. The Labute approximate surface area is 90.5 Å². The number of nitrogen functional groups attached to an aromatic ring is 1. The van der Waals surface area contributed by atoms with Crippen LogP contribution in [0.2, 0.25) is 0 Å². The largest absolute Gasteiger partial charge is 0.324 e. The van der Waals surface area contributed by atoms with Crippen LogP contribution in [0.15, 0.2) is 18.3 Å². The van der Waals surface area contributed by atoms with Gasteiger partial charge in [0, 0.05) is 18.8 Å². The molecule has 15 heavy (non-hydrogen) atoms. The van der Waals surface area contributed by atoms with Crippen LogP contribution in [0.4, 0.5) is 5.69 Å². The highest BCUT2D eigenvalue weighted by atomic mass is 15.2. The predicted octanol–water partition coefficient (Wildman–Crippen LogP) is 1.35. The molecule has 0 amide bonds. The maximum atomic E-state index is 5.36. The third-order valence-corrected chi connectivity index (χ3v) is 2.82. The molecule has 1 heterocycles. The van der Waals surface area contributed by atoms with Gasteiger partial charge in [0.15, 0.2) is 0 Å². The Morgan fingerprint density at radius 1 is 1.60 bits per heavy atom. The number of nitrogens with zero attached hydrogens (tertiary/aromatic N) is 2. The molecule has 0 aliphatic heterocycles. The first-order chi connectivity index (χ1) is 7.33. The molecule has 1 aromatic heterocycles. The van der Waals surface area contributed by atoms with Crippen molar-refractivity contribution in [2.45, 2.75) is 32.4 Å². The highest BCUT2D eigenvalue weighted by molar-refractivity contribution is 5.41. The summed E-state index contributed by atoms with van der Waals surface area (Å²) in [7, 11) is 0. The number of rotatable bonds is 5. The second-order valence-corrected chi connectivity index (χ2v) is 3.97. The van der Waals surface area contributed by atoms with Crippen LogP contribution in [-0.2, 0) is 6.54 Å². The van der Waals surface area contributed by atoms with Crippen molar-refractivity contribution in [3.63, 3.8) is 0 Å². The number of nitrogens with two attached hydrogens (primary N) is 1. The number of hydrogen-bond donors (Lipinski definition) is 2. The van der Waals surface area contributed by atoms with Crippen LogP contribution in [0.1, 0.15) is 25.5 Å². The van der Waals surface area contributed by atoms with Crippen LogP contribution in [0, 0.1) is 0 Å². The maximum absolute atomic E-state index is 5.36. The fraction of sp³-hybridized carbons (Fsp3) is 0.545.